The van der Waals surface area contributed by atoms with Crippen LogP contribution >= 0.6 is 0 Å². The summed E-state index contributed by atoms with van der Waals surface area (Å²) >= 11 is 0. The lowest BCUT2D eigenvalue weighted by Crippen LogP contribution is -2.39. The molecule has 0 spiro atoms. The molecule has 0 saturated heterocycles. The molecule has 0 radical (unpaired) electrons. The normalized spacial score (nSPS) is 11.3. The third kappa shape index (κ3) is 4.44. The Bertz CT molecular complexity index is 391. The molecule has 0 fully saturated rings. The van der Waals surface area contributed by atoms with Crippen molar-refractivity contribution in [3.63, 3.8) is 0 Å². The van der Waals surface area contributed by atoms with Gasteiger partial charge in [0.25, 0.3) is 5.91 Å². The fourth-order valence-electron chi connectivity index (χ4n) is 1.48. The monoisotopic (exact) mass is 260 g/mol. The molecule has 0 aromatic carbocycles. The smallest absolute Gasteiger partial charge is 0.315 e. The highest BCUT2D eigenvalue weighted by Crippen LogP contribution is 2.11. The molecular weight excluding hydrogens is 242 g/mol. The predicted octanol–water partition coefficient (Wildman–Crippen LogP) is 1.74. The Morgan fingerprint density at radius 3 is 2.44 bits per heavy atom. The van der Waals surface area contributed by atoms with Gasteiger partial charge < -0.3 is 14.2 Å². The minimum absolute atomic E-state index is 0.0743. The Balaban J connectivity index is 2.67. The molecule has 0 atom stereocenters. The summed E-state index contributed by atoms with van der Waals surface area (Å²) in [7, 11) is 3.64. The van der Waals surface area contributed by atoms with Crippen LogP contribution in [0.1, 0.15) is 11.5 Å². The van der Waals surface area contributed by atoms with Crippen LogP contribution in [0.25, 0.3) is 0 Å². The predicted molar refractivity (Wildman–Crippen MR) is 63.4 cm³/mol. The van der Waals surface area contributed by atoms with Gasteiger partial charge in [0.15, 0.2) is 0 Å². The van der Waals surface area contributed by atoms with Crippen molar-refractivity contribution < 1.29 is 18.0 Å². The molecule has 0 aliphatic heterocycles. The van der Waals surface area contributed by atoms with Gasteiger partial charge in [0, 0.05) is 13.1 Å². The summed E-state index contributed by atoms with van der Waals surface area (Å²) in [6.45, 7) is 2.61. The number of halogens is 2. The van der Waals surface area contributed by atoms with Crippen molar-refractivity contribution in [2.75, 3.05) is 27.2 Å². The van der Waals surface area contributed by atoms with E-state index in [4.69, 9.17) is 4.42 Å². The lowest BCUT2D eigenvalue weighted by Gasteiger charge is -2.23. The molecule has 4 nitrogen and oxygen atoms in total. The van der Waals surface area contributed by atoms with Crippen molar-refractivity contribution in [2.24, 2.45) is 0 Å². The lowest BCUT2D eigenvalue weighted by molar-refractivity contribution is -0.143. The maximum Gasteiger partial charge on any atom is 0.315 e. The number of hydrogen-bond acceptors (Lipinski definition) is 3. The van der Waals surface area contributed by atoms with Crippen LogP contribution in [0.5, 0.6) is 0 Å². The molecule has 6 heteroatoms. The van der Waals surface area contributed by atoms with Crippen LogP contribution < -0.4 is 0 Å². The topological polar surface area (TPSA) is 36.7 Å². The summed E-state index contributed by atoms with van der Waals surface area (Å²) in [6.07, 6.45) is -2.98. The highest BCUT2D eigenvalue weighted by molar-refractivity contribution is 5.79. The van der Waals surface area contributed by atoms with Gasteiger partial charge >= 0.3 is 6.43 Å². The summed E-state index contributed by atoms with van der Waals surface area (Å²) in [6, 6.07) is 3.43. The fourth-order valence-corrected chi connectivity index (χ4v) is 1.48. The van der Waals surface area contributed by atoms with Gasteiger partial charge in [0.1, 0.15) is 11.5 Å². The molecule has 18 heavy (non-hydrogen) atoms. The van der Waals surface area contributed by atoms with Crippen molar-refractivity contribution >= 4 is 5.91 Å². The lowest BCUT2D eigenvalue weighted by atomic mass is 10.3. The molecule has 1 rings (SSSR count). The van der Waals surface area contributed by atoms with E-state index < -0.39 is 12.3 Å². The number of hydrogen-bond donors (Lipinski definition) is 0. The second kappa shape index (κ2) is 6.49. The number of aryl methyl sites for hydroxylation is 1. The SMILES string of the molecule is Cc1ccc(CN(CCN(C)C)C(=O)C(F)F)o1. The van der Waals surface area contributed by atoms with Gasteiger partial charge in [-0.25, -0.2) is 0 Å². The molecule has 102 valence electrons. The van der Waals surface area contributed by atoms with Crippen molar-refractivity contribution in [1.29, 1.82) is 0 Å². The zero-order valence-corrected chi connectivity index (χ0v) is 10.8. The maximum atomic E-state index is 12.5. The van der Waals surface area contributed by atoms with E-state index in [1.54, 1.807) is 19.1 Å². The second-order valence-corrected chi connectivity index (χ2v) is 4.38. The van der Waals surface area contributed by atoms with E-state index >= 15 is 0 Å². The number of amides is 1. The Morgan fingerprint density at radius 2 is 2.00 bits per heavy atom. The number of furan rings is 1. The van der Waals surface area contributed by atoms with Crippen LogP contribution in [-0.2, 0) is 11.3 Å². The van der Waals surface area contributed by atoms with Gasteiger partial charge in [-0.1, -0.05) is 0 Å². The first-order valence-electron chi connectivity index (χ1n) is 5.67. The largest absolute Gasteiger partial charge is 0.464 e. The van der Waals surface area contributed by atoms with E-state index in [0.29, 0.717) is 18.1 Å². The van der Waals surface area contributed by atoms with Crippen molar-refractivity contribution in [1.82, 2.24) is 9.80 Å². The summed E-state index contributed by atoms with van der Waals surface area (Å²) in [4.78, 5) is 14.3. The van der Waals surface area contributed by atoms with Gasteiger partial charge in [-0.2, -0.15) is 8.78 Å². The summed E-state index contributed by atoms with van der Waals surface area (Å²) < 4.78 is 30.2. The number of nitrogens with zero attached hydrogens (tertiary/aromatic N) is 2. The first-order chi connectivity index (χ1) is 8.40. The molecule has 0 aliphatic carbocycles. The molecule has 0 saturated carbocycles. The third-order valence-electron chi connectivity index (χ3n) is 2.46. The van der Waals surface area contributed by atoms with Crippen LogP contribution in [0.15, 0.2) is 16.5 Å². The van der Waals surface area contributed by atoms with E-state index in [0.717, 1.165) is 4.90 Å². The van der Waals surface area contributed by atoms with Gasteiger partial charge in [-0.05, 0) is 33.2 Å². The highest BCUT2D eigenvalue weighted by atomic mass is 19.3. The maximum absolute atomic E-state index is 12.5. The number of alkyl halides is 2. The van der Waals surface area contributed by atoms with Crippen LogP contribution in [0.2, 0.25) is 0 Å². The van der Waals surface area contributed by atoms with E-state index in [-0.39, 0.29) is 13.1 Å². The van der Waals surface area contributed by atoms with Crippen molar-refractivity contribution in [2.45, 2.75) is 19.9 Å². The minimum atomic E-state index is -2.98. The van der Waals surface area contributed by atoms with Crippen LogP contribution in [0.3, 0.4) is 0 Å². The van der Waals surface area contributed by atoms with Gasteiger partial charge in [0.05, 0.1) is 6.54 Å². The van der Waals surface area contributed by atoms with Crippen LogP contribution in [0, 0.1) is 6.92 Å². The summed E-state index contributed by atoms with van der Waals surface area (Å²) in [5.74, 6) is 0.0493. The van der Waals surface area contributed by atoms with Crippen molar-refractivity contribution in [3.05, 3.63) is 23.7 Å². The average molecular weight is 260 g/mol. The van der Waals surface area contributed by atoms with Crippen molar-refractivity contribution in [3.8, 4) is 0 Å². The quantitative estimate of drug-likeness (QED) is 0.781. The van der Waals surface area contributed by atoms with Crippen LogP contribution in [0.4, 0.5) is 8.78 Å². The summed E-state index contributed by atoms with van der Waals surface area (Å²) in [5.41, 5.74) is 0. The minimum Gasteiger partial charge on any atom is -0.464 e. The van der Waals surface area contributed by atoms with Gasteiger partial charge in [0.2, 0.25) is 0 Å². The number of carbonyl (C=O) groups is 1. The zero-order valence-electron chi connectivity index (χ0n) is 10.8. The zero-order chi connectivity index (χ0) is 13.7. The van der Waals surface area contributed by atoms with E-state index in [2.05, 4.69) is 0 Å². The number of rotatable bonds is 6. The van der Waals surface area contributed by atoms with E-state index in [1.807, 2.05) is 19.0 Å². The molecule has 0 N–H and O–H groups in total. The Hall–Kier alpha value is -1.43. The number of carbonyl (C=O) groups excluding carboxylic acids is 1. The van der Waals surface area contributed by atoms with E-state index in [1.165, 1.54) is 0 Å². The molecular formula is C12H18F2N2O2. The average Bonchev–Trinajstić information content (AvgIpc) is 2.68. The van der Waals surface area contributed by atoms with Crippen LogP contribution in [-0.4, -0.2) is 49.3 Å². The Morgan fingerprint density at radius 1 is 1.33 bits per heavy atom. The molecule has 0 bridgehead atoms. The first kappa shape index (κ1) is 14.6. The first-order valence-corrected chi connectivity index (χ1v) is 5.67. The molecule has 1 amide bonds. The van der Waals surface area contributed by atoms with Gasteiger partial charge in [-0.3, -0.25) is 4.79 Å². The summed E-state index contributed by atoms with van der Waals surface area (Å²) in [5, 5.41) is 0. The second-order valence-electron chi connectivity index (χ2n) is 4.38. The number of likely N-dealkylation sites (N-methyl/N-ethyl adjacent to an activating group) is 1. The Labute approximate surface area is 105 Å². The molecule has 1 heterocycles. The molecule has 1 aromatic heterocycles. The molecule has 0 unspecified atom stereocenters. The Kier molecular flexibility index (Phi) is 5.27. The molecule has 1 aromatic rings. The third-order valence-corrected chi connectivity index (χ3v) is 2.46. The van der Waals surface area contributed by atoms with Gasteiger partial charge in [-0.15, -0.1) is 0 Å². The standard InChI is InChI=1S/C12H18F2N2O2/c1-9-4-5-10(18-9)8-16(7-6-15(2)3)12(17)11(13)14/h4-5,11H,6-8H2,1-3H3. The molecule has 0 aliphatic rings. The highest BCUT2D eigenvalue weighted by Gasteiger charge is 2.24. The van der Waals surface area contributed by atoms with E-state index in [9.17, 15) is 13.6 Å². The fraction of sp³-hybridized carbons (Fsp3) is 0.583.